The zero-order valence-electron chi connectivity index (χ0n) is 17.8. The van der Waals surface area contributed by atoms with Crippen molar-refractivity contribution < 1.29 is 14.3 Å². The van der Waals surface area contributed by atoms with E-state index in [0.717, 1.165) is 11.1 Å². The van der Waals surface area contributed by atoms with Gasteiger partial charge in [-0.25, -0.2) is 0 Å². The molecule has 2 radical (unpaired) electrons. The molecule has 1 aromatic carbocycles. The minimum Gasteiger partial charge on any atom is -0.469 e. The normalized spacial score (nSPS) is 13.2. The summed E-state index contributed by atoms with van der Waals surface area (Å²) in [6.07, 6.45) is 3.43. The highest BCUT2D eigenvalue weighted by molar-refractivity contribution is 6.32. The fraction of sp³-hybridized carbons (Fsp3) is 0.435. The molecule has 1 amide bonds. The monoisotopic (exact) mass is 392 g/mol. The Morgan fingerprint density at radius 2 is 1.72 bits per heavy atom. The average molecular weight is 392 g/mol. The van der Waals surface area contributed by atoms with Gasteiger partial charge in [0.2, 0.25) is 5.91 Å². The first-order chi connectivity index (χ1) is 13.8. The molecule has 0 fully saturated rings. The number of aromatic nitrogens is 1. The molecule has 29 heavy (non-hydrogen) atoms. The number of amides is 1. The van der Waals surface area contributed by atoms with Gasteiger partial charge in [0.25, 0.3) is 0 Å². The summed E-state index contributed by atoms with van der Waals surface area (Å²) >= 11 is 0. The van der Waals surface area contributed by atoms with Crippen LogP contribution in [0.15, 0.2) is 48.8 Å². The molecular formula is C23H29BN2O3. The van der Waals surface area contributed by atoms with E-state index in [-0.39, 0.29) is 30.4 Å². The fourth-order valence-electron chi connectivity index (χ4n) is 3.85. The molecule has 5 nitrogen and oxygen atoms in total. The van der Waals surface area contributed by atoms with Gasteiger partial charge in [-0.2, -0.15) is 0 Å². The van der Waals surface area contributed by atoms with Gasteiger partial charge < -0.3 is 9.64 Å². The zero-order valence-corrected chi connectivity index (χ0v) is 17.8. The molecule has 2 atom stereocenters. The van der Waals surface area contributed by atoms with Gasteiger partial charge >= 0.3 is 5.97 Å². The van der Waals surface area contributed by atoms with Crippen LogP contribution >= 0.6 is 0 Å². The Balaban J connectivity index is 2.63. The molecular weight excluding hydrogens is 363 g/mol. The second-order valence-corrected chi connectivity index (χ2v) is 7.75. The first kappa shape index (κ1) is 22.7. The Bertz CT molecular complexity index is 816. The molecule has 0 aliphatic carbocycles. The van der Waals surface area contributed by atoms with Crippen molar-refractivity contribution in [2.45, 2.75) is 58.0 Å². The molecule has 0 saturated heterocycles. The van der Waals surface area contributed by atoms with Crippen molar-refractivity contribution in [1.82, 2.24) is 9.88 Å². The lowest BCUT2D eigenvalue weighted by atomic mass is 9.77. The van der Waals surface area contributed by atoms with E-state index in [1.807, 2.05) is 56.9 Å². The summed E-state index contributed by atoms with van der Waals surface area (Å²) in [5.74, 6) is -1.43. The highest BCUT2D eigenvalue weighted by atomic mass is 16.5. The summed E-state index contributed by atoms with van der Waals surface area (Å²) < 4.78 is 4.94. The van der Waals surface area contributed by atoms with Crippen molar-refractivity contribution in [3.05, 3.63) is 59.9 Å². The van der Waals surface area contributed by atoms with Gasteiger partial charge in [0.15, 0.2) is 0 Å². The van der Waals surface area contributed by atoms with E-state index in [2.05, 4.69) is 4.98 Å². The Hall–Kier alpha value is -2.63. The lowest BCUT2D eigenvalue weighted by Crippen LogP contribution is -2.46. The molecule has 0 N–H and O–H groups in total. The van der Waals surface area contributed by atoms with Gasteiger partial charge in [0.05, 0.1) is 19.4 Å². The molecule has 0 spiro atoms. The van der Waals surface area contributed by atoms with Crippen LogP contribution in [0.1, 0.15) is 57.1 Å². The number of ether oxygens (including phenoxy) is 1. The van der Waals surface area contributed by atoms with Gasteiger partial charge in [-0.05, 0) is 44.9 Å². The maximum Gasteiger partial charge on any atom is 0.306 e. The Labute approximate surface area is 174 Å². The van der Waals surface area contributed by atoms with Crippen LogP contribution in [0.3, 0.4) is 0 Å². The number of hydrogen-bond acceptors (Lipinski definition) is 4. The largest absolute Gasteiger partial charge is 0.469 e. The van der Waals surface area contributed by atoms with E-state index >= 15 is 0 Å². The summed E-state index contributed by atoms with van der Waals surface area (Å²) in [5.41, 5.74) is 2.17. The Kier molecular flexibility index (Phi) is 8.00. The van der Waals surface area contributed by atoms with Crippen molar-refractivity contribution in [3.63, 3.8) is 0 Å². The van der Waals surface area contributed by atoms with Crippen LogP contribution in [0.4, 0.5) is 0 Å². The number of pyridine rings is 1. The van der Waals surface area contributed by atoms with E-state index in [0.29, 0.717) is 5.46 Å². The second kappa shape index (κ2) is 10.2. The Morgan fingerprint density at radius 1 is 1.07 bits per heavy atom. The highest BCUT2D eigenvalue weighted by Gasteiger charge is 2.37. The summed E-state index contributed by atoms with van der Waals surface area (Å²) in [6, 6.07) is 11.1. The SMILES string of the molecule is [B]c1cccc(C(CC(=O)OC)C(C(=O)N(C(C)C)C(C)C)c2cccnc2)c1. The third-order valence-corrected chi connectivity index (χ3v) is 5.03. The molecule has 2 rings (SSSR count). The molecule has 6 heteroatoms. The van der Waals surface area contributed by atoms with Crippen molar-refractivity contribution in [3.8, 4) is 0 Å². The van der Waals surface area contributed by atoms with Crippen molar-refractivity contribution >= 4 is 25.2 Å². The summed E-state index contributed by atoms with van der Waals surface area (Å²) in [6.45, 7) is 7.98. The van der Waals surface area contributed by atoms with Crippen LogP contribution in [0.5, 0.6) is 0 Å². The lowest BCUT2D eigenvalue weighted by molar-refractivity contribution is -0.142. The number of carbonyl (C=O) groups is 2. The smallest absolute Gasteiger partial charge is 0.306 e. The molecule has 1 heterocycles. The highest BCUT2D eigenvalue weighted by Crippen LogP contribution is 2.38. The fourth-order valence-corrected chi connectivity index (χ4v) is 3.85. The topological polar surface area (TPSA) is 59.5 Å². The van der Waals surface area contributed by atoms with Gasteiger partial charge in [-0.1, -0.05) is 35.8 Å². The lowest BCUT2D eigenvalue weighted by Gasteiger charge is -2.37. The van der Waals surface area contributed by atoms with Gasteiger partial charge in [0.1, 0.15) is 7.85 Å². The number of carbonyl (C=O) groups excluding carboxylic acids is 2. The first-order valence-corrected chi connectivity index (χ1v) is 9.90. The van der Waals surface area contributed by atoms with E-state index in [1.165, 1.54) is 7.11 Å². The predicted molar refractivity (Wildman–Crippen MR) is 115 cm³/mol. The van der Waals surface area contributed by atoms with Crippen molar-refractivity contribution in [1.29, 1.82) is 0 Å². The van der Waals surface area contributed by atoms with Crippen LogP contribution < -0.4 is 5.46 Å². The number of rotatable bonds is 8. The summed E-state index contributed by atoms with van der Waals surface area (Å²) in [4.78, 5) is 32.2. The number of nitrogens with zero attached hydrogens (tertiary/aromatic N) is 2. The molecule has 0 bridgehead atoms. The van der Waals surface area contributed by atoms with Crippen LogP contribution in [-0.2, 0) is 14.3 Å². The predicted octanol–water partition coefficient (Wildman–Crippen LogP) is 2.95. The van der Waals surface area contributed by atoms with Crippen molar-refractivity contribution in [2.75, 3.05) is 7.11 Å². The van der Waals surface area contributed by atoms with E-state index in [1.54, 1.807) is 24.5 Å². The maximum atomic E-state index is 13.8. The third-order valence-electron chi connectivity index (χ3n) is 5.03. The standard InChI is InChI=1S/C23H29BN2O3/c1-15(2)26(16(3)4)23(28)22(18-9-7-11-25-14-18)20(13-21(27)29-5)17-8-6-10-19(24)12-17/h6-12,14-16,20,22H,13H2,1-5H3. The van der Waals surface area contributed by atoms with E-state index < -0.39 is 11.8 Å². The number of methoxy groups -OCH3 is 1. The van der Waals surface area contributed by atoms with Gasteiger partial charge in [0, 0.05) is 30.4 Å². The Morgan fingerprint density at radius 3 is 2.24 bits per heavy atom. The molecule has 0 aliphatic rings. The summed E-state index contributed by atoms with van der Waals surface area (Å²) in [5, 5.41) is 0. The first-order valence-electron chi connectivity index (χ1n) is 9.90. The molecule has 2 unspecified atom stereocenters. The number of benzene rings is 1. The minimum atomic E-state index is -0.589. The zero-order chi connectivity index (χ0) is 21.6. The average Bonchev–Trinajstić information content (AvgIpc) is 2.67. The maximum absolute atomic E-state index is 13.8. The molecule has 152 valence electrons. The van der Waals surface area contributed by atoms with Crippen LogP contribution in [-0.4, -0.2) is 48.8 Å². The molecule has 0 saturated carbocycles. The number of esters is 1. The molecule has 1 aromatic heterocycles. The quantitative estimate of drug-likeness (QED) is 0.512. The van der Waals surface area contributed by atoms with Crippen LogP contribution in [0, 0.1) is 0 Å². The van der Waals surface area contributed by atoms with Gasteiger partial charge in [-0.3, -0.25) is 14.6 Å². The van der Waals surface area contributed by atoms with Crippen LogP contribution in [0.25, 0.3) is 0 Å². The number of hydrogen-bond donors (Lipinski definition) is 0. The minimum absolute atomic E-state index is 0.0151. The van der Waals surface area contributed by atoms with Crippen LogP contribution in [0.2, 0.25) is 0 Å². The van der Waals surface area contributed by atoms with E-state index in [4.69, 9.17) is 12.6 Å². The summed E-state index contributed by atoms with van der Waals surface area (Å²) in [7, 11) is 7.36. The van der Waals surface area contributed by atoms with Crippen molar-refractivity contribution in [2.24, 2.45) is 0 Å². The molecule has 0 aliphatic heterocycles. The second-order valence-electron chi connectivity index (χ2n) is 7.75. The van der Waals surface area contributed by atoms with E-state index in [9.17, 15) is 9.59 Å². The third kappa shape index (κ3) is 5.69. The molecule has 2 aromatic rings. The van der Waals surface area contributed by atoms with Gasteiger partial charge in [-0.15, -0.1) is 0 Å².